The Morgan fingerprint density at radius 1 is 1.35 bits per heavy atom. The van der Waals surface area contributed by atoms with Crippen molar-refractivity contribution in [1.82, 2.24) is 15.4 Å². The van der Waals surface area contributed by atoms with E-state index in [-0.39, 0.29) is 6.04 Å². The number of rotatable bonds is 5. The zero-order valence-electron chi connectivity index (χ0n) is 9.76. The number of benzene rings is 1. The van der Waals surface area contributed by atoms with Gasteiger partial charge in [-0.2, -0.15) is 0 Å². The van der Waals surface area contributed by atoms with Gasteiger partial charge in [0.25, 0.3) is 0 Å². The van der Waals surface area contributed by atoms with Crippen LogP contribution >= 0.6 is 0 Å². The molecule has 1 aromatic heterocycles. The van der Waals surface area contributed by atoms with Crippen LogP contribution in [-0.2, 0) is 4.74 Å². The molecule has 2 aromatic rings. The van der Waals surface area contributed by atoms with Crippen LogP contribution in [-0.4, -0.2) is 23.2 Å². The average Bonchev–Trinajstić information content (AvgIpc) is 2.39. The molecule has 0 aliphatic heterocycles. The highest BCUT2D eigenvalue weighted by atomic mass is 16.5. The Morgan fingerprint density at radius 3 is 2.82 bits per heavy atom. The van der Waals surface area contributed by atoms with Crippen LogP contribution < -0.4 is 11.3 Å². The molecule has 0 saturated heterocycles. The predicted molar refractivity (Wildman–Crippen MR) is 66.1 cm³/mol. The lowest BCUT2D eigenvalue weighted by molar-refractivity contribution is 0.122. The molecule has 5 heteroatoms. The molecule has 0 fully saturated rings. The molecule has 5 nitrogen and oxygen atoms in total. The number of hydrogen-bond acceptors (Lipinski definition) is 5. The minimum absolute atomic E-state index is 0.132. The monoisotopic (exact) mass is 232 g/mol. The molecule has 0 radical (unpaired) electrons. The van der Waals surface area contributed by atoms with Crippen LogP contribution in [0.25, 0.3) is 11.0 Å². The Kier molecular flexibility index (Phi) is 3.98. The number of hydrazine groups is 1. The second kappa shape index (κ2) is 5.67. The molecule has 17 heavy (non-hydrogen) atoms. The first-order valence-electron chi connectivity index (χ1n) is 5.60. The molecule has 0 saturated carbocycles. The van der Waals surface area contributed by atoms with Crippen molar-refractivity contribution < 1.29 is 4.74 Å². The fourth-order valence-corrected chi connectivity index (χ4v) is 1.59. The van der Waals surface area contributed by atoms with Gasteiger partial charge < -0.3 is 4.74 Å². The van der Waals surface area contributed by atoms with Gasteiger partial charge in [-0.25, -0.2) is 10.4 Å². The highest BCUT2D eigenvalue weighted by Crippen LogP contribution is 2.13. The molecule has 2 rings (SSSR count). The predicted octanol–water partition coefficient (Wildman–Crippen LogP) is 1.17. The van der Waals surface area contributed by atoms with Gasteiger partial charge in [0.1, 0.15) is 0 Å². The zero-order valence-corrected chi connectivity index (χ0v) is 9.76. The standard InChI is InChI=1S/C12H16N4O/c1-2-17-8-12(16-13)11-7-14-9-5-3-4-6-10(9)15-11/h3-7,12,16H,2,8,13H2,1H3. The number of aromatic nitrogens is 2. The van der Waals surface area contributed by atoms with Gasteiger partial charge in [-0.1, -0.05) is 12.1 Å². The second-order valence-corrected chi connectivity index (χ2v) is 3.66. The molecule has 0 spiro atoms. The van der Waals surface area contributed by atoms with E-state index in [2.05, 4.69) is 15.4 Å². The lowest BCUT2D eigenvalue weighted by Gasteiger charge is -2.14. The molecule has 0 amide bonds. The van der Waals surface area contributed by atoms with Crippen molar-refractivity contribution in [3.05, 3.63) is 36.2 Å². The van der Waals surface area contributed by atoms with Gasteiger partial charge in [0.2, 0.25) is 0 Å². The van der Waals surface area contributed by atoms with Crippen LogP contribution in [0.15, 0.2) is 30.5 Å². The minimum atomic E-state index is -0.132. The van der Waals surface area contributed by atoms with Crippen molar-refractivity contribution in [2.24, 2.45) is 5.84 Å². The number of hydrogen-bond donors (Lipinski definition) is 2. The van der Waals surface area contributed by atoms with E-state index in [1.807, 2.05) is 31.2 Å². The highest BCUT2D eigenvalue weighted by Gasteiger charge is 2.12. The van der Waals surface area contributed by atoms with Crippen LogP contribution in [0.4, 0.5) is 0 Å². The maximum Gasteiger partial charge on any atom is 0.0890 e. The summed E-state index contributed by atoms with van der Waals surface area (Å²) < 4.78 is 5.34. The molecule has 0 aliphatic rings. The van der Waals surface area contributed by atoms with Crippen molar-refractivity contribution in [3.63, 3.8) is 0 Å². The summed E-state index contributed by atoms with van der Waals surface area (Å²) in [5.41, 5.74) is 5.22. The van der Waals surface area contributed by atoms with E-state index in [1.165, 1.54) is 0 Å². The van der Waals surface area contributed by atoms with Crippen LogP contribution in [0.2, 0.25) is 0 Å². The average molecular weight is 232 g/mol. The van der Waals surface area contributed by atoms with Crippen molar-refractivity contribution in [3.8, 4) is 0 Å². The van der Waals surface area contributed by atoms with E-state index in [9.17, 15) is 0 Å². The largest absolute Gasteiger partial charge is 0.380 e. The van der Waals surface area contributed by atoms with Crippen molar-refractivity contribution in [2.45, 2.75) is 13.0 Å². The topological polar surface area (TPSA) is 73.1 Å². The summed E-state index contributed by atoms with van der Waals surface area (Å²) in [5.74, 6) is 5.49. The summed E-state index contributed by atoms with van der Waals surface area (Å²) in [4.78, 5) is 8.86. The summed E-state index contributed by atoms with van der Waals surface area (Å²) in [6, 6.07) is 7.61. The Hall–Kier alpha value is -1.56. The smallest absolute Gasteiger partial charge is 0.0890 e. The minimum Gasteiger partial charge on any atom is -0.380 e. The number of para-hydroxylation sites is 2. The molecular weight excluding hydrogens is 216 g/mol. The molecule has 1 atom stereocenters. The van der Waals surface area contributed by atoms with Gasteiger partial charge in [-0.05, 0) is 19.1 Å². The third-order valence-corrected chi connectivity index (χ3v) is 2.51. The Labute approximate surface area is 100.0 Å². The molecule has 3 N–H and O–H groups in total. The van der Waals surface area contributed by atoms with Gasteiger partial charge >= 0.3 is 0 Å². The molecule has 0 bridgehead atoms. The van der Waals surface area contributed by atoms with Crippen LogP contribution in [0.5, 0.6) is 0 Å². The fourth-order valence-electron chi connectivity index (χ4n) is 1.59. The Morgan fingerprint density at radius 2 is 2.12 bits per heavy atom. The third-order valence-electron chi connectivity index (χ3n) is 2.51. The lowest BCUT2D eigenvalue weighted by Crippen LogP contribution is -2.32. The summed E-state index contributed by atoms with van der Waals surface area (Å²) >= 11 is 0. The summed E-state index contributed by atoms with van der Waals surface area (Å²) in [7, 11) is 0. The molecule has 0 aliphatic carbocycles. The van der Waals surface area contributed by atoms with Crippen molar-refractivity contribution >= 4 is 11.0 Å². The maximum absolute atomic E-state index is 5.49. The molecular formula is C12H16N4O. The highest BCUT2D eigenvalue weighted by molar-refractivity contribution is 5.73. The van der Waals surface area contributed by atoms with Crippen molar-refractivity contribution in [1.29, 1.82) is 0 Å². The van der Waals surface area contributed by atoms with Crippen LogP contribution in [0, 0.1) is 0 Å². The van der Waals surface area contributed by atoms with Gasteiger partial charge in [0.15, 0.2) is 0 Å². The van der Waals surface area contributed by atoms with E-state index in [1.54, 1.807) is 6.20 Å². The van der Waals surface area contributed by atoms with Crippen LogP contribution in [0.3, 0.4) is 0 Å². The first-order chi connectivity index (χ1) is 8.35. The number of nitrogens with one attached hydrogen (secondary N) is 1. The molecule has 90 valence electrons. The van der Waals surface area contributed by atoms with E-state index in [4.69, 9.17) is 10.6 Å². The number of ether oxygens (including phenoxy) is 1. The van der Waals surface area contributed by atoms with E-state index in [0.717, 1.165) is 16.7 Å². The normalized spacial score (nSPS) is 12.8. The third kappa shape index (κ3) is 2.76. The maximum atomic E-state index is 5.49. The quantitative estimate of drug-likeness (QED) is 0.598. The summed E-state index contributed by atoms with van der Waals surface area (Å²) in [5, 5.41) is 0. The van der Waals surface area contributed by atoms with E-state index >= 15 is 0 Å². The SMILES string of the molecule is CCOCC(NN)c1cnc2ccccc2n1. The van der Waals surface area contributed by atoms with E-state index < -0.39 is 0 Å². The first kappa shape index (κ1) is 11.9. The van der Waals surface area contributed by atoms with Gasteiger partial charge in [0, 0.05) is 6.61 Å². The molecule has 1 unspecified atom stereocenters. The molecule has 1 aromatic carbocycles. The number of nitrogens with two attached hydrogens (primary N) is 1. The van der Waals surface area contributed by atoms with Crippen molar-refractivity contribution in [2.75, 3.05) is 13.2 Å². The Bertz CT molecular complexity index is 489. The number of nitrogens with zero attached hydrogens (tertiary/aromatic N) is 2. The van der Waals surface area contributed by atoms with E-state index in [0.29, 0.717) is 13.2 Å². The van der Waals surface area contributed by atoms with Gasteiger partial charge in [-0.3, -0.25) is 10.8 Å². The van der Waals surface area contributed by atoms with Crippen LogP contribution in [0.1, 0.15) is 18.7 Å². The second-order valence-electron chi connectivity index (χ2n) is 3.66. The molecule has 1 heterocycles. The fraction of sp³-hybridized carbons (Fsp3) is 0.333. The Balaban J connectivity index is 2.27. The summed E-state index contributed by atoms with van der Waals surface area (Å²) in [6.45, 7) is 3.08. The van der Waals surface area contributed by atoms with Gasteiger partial charge in [0.05, 0.1) is 35.6 Å². The van der Waals surface area contributed by atoms with Gasteiger partial charge in [-0.15, -0.1) is 0 Å². The lowest BCUT2D eigenvalue weighted by atomic mass is 10.2. The summed E-state index contributed by atoms with van der Waals surface area (Å²) in [6.07, 6.45) is 1.73. The zero-order chi connectivity index (χ0) is 12.1. The number of fused-ring (bicyclic) bond motifs is 1. The first-order valence-corrected chi connectivity index (χ1v) is 5.60.